The average Bonchev–Trinajstić information content (AvgIpc) is 2.71. The van der Waals surface area contributed by atoms with Crippen molar-refractivity contribution >= 4 is 40.9 Å². The lowest BCUT2D eigenvalue weighted by atomic mass is 9.96. The van der Waals surface area contributed by atoms with Gasteiger partial charge in [-0.2, -0.15) is 11.8 Å². The summed E-state index contributed by atoms with van der Waals surface area (Å²) in [6.07, 6.45) is 1.99. The minimum Gasteiger partial charge on any atom is -0.355 e. The highest BCUT2D eigenvalue weighted by atomic mass is 35.5. The van der Waals surface area contributed by atoms with Gasteiger partial charge in [0.1, 0.15) is 0 Å². The minimum atomic E-state index is 0.0546. The van der Waals surface area contributed by atoms with Crippen LogP contribution in [0, 0.1) is 5.92 Å². The molecule has 1 atom stereocenters. The summed E-state index contributed by atoms with van der Waals surface area (Å²) in [7, 11) is 0. The zero-order chi connectivity index (χ0) is 19.8. The fourth-order valence-electron chi connectivity index (χ4n) is 3.46. The molecule has 0 radical (unpaired) electrons. The molecule has 1 amide bonds. The lowest BCUT2D eigenvalue weighted by Crippen LogP contribution is -2.43. The summed E-state index contributed by atoms with van der Waals surface area (Å²) in [5, 5.41) is 4.45. The number of hydrogen-bond acceptors (Lipinski definition) is 3. The molecule has 28 heavy (non-hydrogen) atoms. The van der Waals surface area contributed by atoms with Crippen molar-refractivity contribution in [1.82, 2.24) is 10.2 Å². The molecule has 150 valence electrons. The Kier molecular flexibility index (Phi) is 8.53. The van der Waals surface area contributed by atoms with Gasteiger partial charge in [0.05, 0.1) is 5.92 Å². The molecule has 0 saturated carbocycles. The largest absolute Gasteiger partial charge is 0.355 e. The maximum Gasteiger partial charge on any atom is 0.224 e. The number of thioether (sulfide) groups is 1. The van der Waals surface area contributed by atoms with Crippen LogP contribution in [0.25, 0.3) is 0 Å². The molecule has 0 spiro atoms. The lowest BCUT2D eigenvalue weighted by molar-refractivity contribution is -0.126. The van der Waals surface area contributed by atoms with E-state index in [1.807, 2.05) is 30.0 Å². The van der Waals surface area contributed by atoms with E-state index >= 15 is 0 Å². The van der Waals surface area contributed by atoms with Gasteiger partial charge in [-0.25, -0.2) is 0 Å². The number of hydrogen-bond donors (Lipinski definition) is 1. The Bertz CT molecular complexity index is 772. The minimum absolute atomic E-state index is 0.0546. The molecule has 1 unspecified atom stereocenters. The summed E-state index contributed by atoms with van der Waals surface area (Å²) >= 11 is 14.1. The van der Waals surface area contributed by atoms with Crippen LogP contribution >= 0.6 is 35.0 Å². The highest BCUT2D eigenvalue weighted by molar-refractivity contribution is 7.98. The number of rotatable bonds is 8. The fraction of sp³-hybridized carbons (Fsp3) is 0.409. The summed E-state index contributed by atoms with van der Waals surface area (Å²) in [6.45, 7) is 3.25. The smallest absolute Gasteiger partial charge is 0.224 e. The van der Waals surface area contributed by atoms with Gasteiger partial charge in [0.15, 0.2) is 0 Å². The number of halogens is 2. The Morgan fingerprint density at radius 1 is 1.18 bits per heavy atom. The number of piperidine rings is 1. The Morgan fingerprint density at radius 3 is 2.79 bits per heavy atom. The maximum absolute atomic E-state index is 12.6. The molecular formula is C22H26Cl2N2OS. The third-order valence-electron chi connectivity index (χ3n) is 4.94. The average molecular weight is 437 g/mol. The molecule has 1 saturated heterocycles. The van der Waals surface area contributed by atoms with E-state index in [0.717, 1.165) is 56.1 Å². The van der Waals surface area contributed by atoms with Gasteiger partial charge in [-0.3, -0.25) is 9.69 Å². The van der Waals surface area contributed by atoms with E-state index in [1.54, 1.807) is 6.07 Å². The van der Waals surface area contributed by atoms with Crippen molar-refractivity contribution < 1.29 is 4.79 Å². The van der Waals surface area contributed by atoms with Gasteiger partial charge in [0.25, 0.3) is 0 Å². The molecule has 1 N–H and O–H groups in total. The number of nitrogens with one attached hydrogen (secondary N) is 1. The maximum atomic E-state index is 12.6. The molecule has 6 heteroatoms. The molecule has 3 nitrogen and oxygen atoms in total. The predicted octanol–water partition coefficient (Wildman–Crippen LogP) is 5.26. The monoisotopic (exact) mass is 436 g/mol. The first-order chi connectivity index (χ1) is 13.6. The van der Waals surface area contributed by atoms with Crippen LogP contribution in [0.4, 0.5) is 0 Å². The number of amides is 1. The van der Waals surface area contributed by atoms with Crippen LogP contribution in [0.2, 0.25) is 10.0 Å². The molecule has 0 bridgehead atoms. The van der Waals surface area contributed by atoms with Gasteiger partial charge >= 0.3 is 0 Å². The third-order valence-corrected chi connectivity index (χ3v) is 6.56. The van der Waals surface area contributed by atoms with Crippen molar-refractivity contribution in [2.75, 3.05) is 25.4 Å². The van der Waals surface area contributed by atoms with Crippen LogP contribution in [0.15, 0.2) is 48.5 Å². The van der Waals surface area contributed by atoms with Gasteiger partial charge in [-0.1, -0.05) is 59.6 Å². The van der Waals surface area contributed by atoms with Crippen molar-refractivity contribution in [3.8, 4) is 0 Å². The highest BCUT2D eigenvalue weighted by Crippen LogP contribution is 2.25. The van der Waals surface area contributed by atoms with Gasteiger partial charge in [0.2, 0.25) is 5.91 Å². The van der Waals surface area contributed by atoms with Crippen molar-refractivity contribution in [1.29, 1.82) is 0 Å². The Balaban J connectivity index is 1.39. The summed E-state index contributed by atoms with van der Waals surface area (Å²) < 4.78 is 0. The van der Waals surface area contributed by atoms with Crippen LogP contribution in [0.1, 0.15) is 24.0 Å². The second-order valence-corrected chi connectivity index (χ2v) is 9.09. The second-order valence-electron chi connectivity index (χ2n) is 7.14. The number of carbonyl (C=O) groups is 1. The first kappa shape index (κ1) is 21.5. The van der Waals surface area contributed by atoms with Crippen molar-refractivity contribution in [3.63, 3.8) is 0 Å². The van der Waals surface area contributed by atoms with E-state index in [2.05, 4.69) is 34.5 Å². The number of nitrogens with zero attached hydrogens (tertiary/aromatic N) is 1. The molecule has 0 aromatic heterocycles. The summed E-state index contributed by atoms with van der Waals surface area (Å²) in [5.74, 6) is 2.14. The standard InChI is InChI=1S/C22H26Cl2N2OS/c23-20-9-8-18(21(24)13-20)14-26-11-4-7-19(15-26)22(27)25-10-12-28-16-17-5-2-1-3-6-17/h1-3,5-6,8-9,13,19H,4,7,10-12,14-16H2,(H,25,27). The lowest BCUT2D eigenvalue weighted by Gasteiger charge is -2.32. The summed E-state index contributed by atoms with van der Waals surface area (Å²) in [5.41, 5.74) is 2.38. The zero-order valence-corrected chi connectivity index (χ0v) is 18.2. The van der Waals surface area contributed by atoms with E-state index in [0.29, 0.717) is 10.0 Å². The molecule has 1 heterocycles. The fourth-order valence-corrected chi connectivity index (χ4v) is 4.75. The Morgan fingerprint density at radius 2 is 2.00 bits per heavy atom. The molecule has 1 fully saturated rings. The van der Waals surface area contributed by atoms with E-state index in [-0.39, 0.29) is 11.8 Å². The van der Waals surface area contributed by atoms with E-state index in [1.165, 1.54) is 5.56 Å². The van der Waals surface area contributed by atoms with Crippen LogP contribution in [-0.2, 0) is 17.1 Å². The Hall–Kier alpha value is -1.20. The number of likely N-dealkylation sites (tertiary alicyclic amines) is 1. The van der Waals surface area contributed by atoms with Crippen molar-refractivity contribution in [3.05, 3.63) is 69.7 Å². The predicted molar refractivity (Wildman–Crippen MR) is 120 cm³/mol. The molecule has 2 aromatic carbocycles. The summed E-state index contributed by atoms with van der Waals surface area (Å²) in [6, 6.07) is 16.0. The van der Waals surface area contributed by atoms with Crippen LogP contribution in [0.3, 0.4) is 0 Å². The van der Waals surface area contributed by atoms with E-state index in [9.17, 15) is 4.79 Å². The van der Waals surface area contributed by atoms with Crippen LogP contribution in [0.5, 0.6) is 0 Å². The van der Waals surface area contributed by atoms with Gasteiger partial charge in [0, 0.05) is 41.2 Å². The van der Waals surface area contributed by atoms with Gasteiger partial charge in [-0.05, 0) is 42.6 Å². The third kappa shape index (κ3) is 6.70. The number of carbonyl (C=O) groups excluding carboxylic acids is 1. The van der Waals surface area contributed by atoms with Gasteiger partial charge < -0.3 is 5.32 Å². The summed E-state index contributed by atoms with van der Waals surface area (Å²) in [4.78, 5) is 14.9. The topological polar surface area (TPSA) is 32.3 Å². The van der Waals surface area contributed by atoms with Crippen molar-refractivity contribution in [2.24, 2.45) is 5.92 Å². The second kappa shape index (κ2) is 11.1. The molecule has 1 aliphatic rings. The number of benzene rings is 2. The SMILES string of the molecule is O=C(NCCSCc1ccccc1)C1CCCN(Cc2ccc(Cl)cc2Cl)C1. The normalized spacial score (nSPS) is 17.4. The van der Waals surface area contributed by atoms with Crippen LogP contribution in [-0.4, -0.2) is 36.2 Å². The first-order valence-electron chi connectivity index (χ1n) is 9.67. The Labute approximate surface area is 181 Å². The quantitative estimate of drug-likeness (QED) is 0.573. The highest BCUT2D eigenvalue weighted by Gasteiger charge is 2.25. The van der Waals surface area contributed by atoms with Gasteiger partial charge in [-0.15, -0.1) is 0 Å². The van der Waals surface area contributed by atoms with Crippen LogP contribution < -0.4 is 5.32 Å². The molecule has 0 aliphatic carbocycles. The molecule has 2 aromatic rings. The molecule has 3 rings (SSSR count). The molecular weight excluding hydrogens is 411 g/mol. The van der Waals surface area contributed by atoms with E-state index in [4.69, 9.17) is 23.2 Å². The van der Waals surface area contributed by atoms with Crippen molar-refractivity contribution in [2.45, 2.75) is 25.1 Å². The zero-order valence-electron chi connectivity index (χ0n) is 15.9. The first-order valence-corrected chi connectivity index (χ1v) is 11.6. The van der Waals surface area contributed by atoms with E-state index < -0.39 is 0 Å². The molecule has 1 aliphatic heterocycles.